The number of para-hydroxylation sites is 2. The van der Waals surface area contributed by atoms with E-state index in [0.29, 0.717) is 0 Å². The topological polar surface area (TPSA) is 25.8 Å². The van der Waals surface area contributed by atoms with Crippen LogP contribution in [0.15, 0.2) is 109 Å². The smallest absolute Gasteiger partial charge is 0.236 e. The molecule has 0 N–H and O–H groups in total. The standard InChI is InChI=1S/2C13H9NS.Ir/c2*1-2-6-10(7-3-1)13-14-11-8-4-5-9-12(11)15-13;/h2*1-9H;/q;;+3. The van der Waals surface area contributed by atoms with Crippen molar-refractivity contribution in [1.82, 2.24) is 9.97 Å². The van der Waals surface area contributed by atoms with Crippen LogP contribution in [0.3, 0.4) is 0 Å². The van der Waals surface area contributed by atoms with Crippen LogP contribution in [0.1, 0.15) is 0 Å². The van der Waals surface area contributed by atoms with Crippen LogP contribution in [0.2, 0.25) is 0 Å². The summed E-state index contributed by atoms with van der Waals surface area (Å²) in [5.41, 5.74) is 4.56. The van der Waals surface area contributed by atoms with E-state index in [4.69, 9.17) is 0 Å². The number of nitrogens with zero attached hydrogens (tertiary/aromatic N) is 2. The first kappa shape index (κ1) is 21.5. The number of thiazole rings is 2. The molecule has 2 nitrogen and oxygen atoms in total. The minimum atomic E-state index is 0. The van der Waals surface area contributed by atoms with Crippen LogP contribution >= 0.6 is 22.7 Å². The molecule has 0 bridgehead atoms. The predicted octanol–water partition coefficient (Wildman–Crippen LogP) is 7.92. The van der Waals surface area contributed by atoms with E-state index in [-0.39, 0.29) is 20.1 Å². The molecule has 0 spiro atoms. The summed E-state index contributed by atoms with van der Waals surface area (Å²) in [6.45, 7) is 0. The van der Waals surface area contributed by atoms with Crippen LogP contribution in [0.25, 0.3) is 41.6 Å². The Kier molecular flexibility index (Phi) is 7.00. The molecule has 2 aromatic heterocycles. The van der Waals surface area contributed by atoms with Gasteiger partial charge in [0, 0.05) is 11.1 Å². The molecule has 0 amide bonds. The Balaban J connectivity index is 0.000000144. The molecule has 6 aromatic rings. The SMILES string of the molecule is [Ir+3].c1ccc(-c2nc3ccccc3s2)cc1.c1ccc(-c2nc3ccccc3s2)cc1. The van der Waals surface area contributed by atoms with Crippen LogP contribution in [-0.2, 0) is 20.1 Å². The van der Waals surface area contributed by atoms with E-state index < -0.39 is 0 Å². The molecule has 0 aliphatic heterocycles. The predicted molar refractivity (Wildman–Crippen MR) is 130 cm³/mol. The quantitative estimate of drug-likeness (QED) is 0.198. The van der Waals surface area contributed by atoms with E-state index in [1.54, 1.807) is 22.7 Å². The maximum absolute atomic E-state index is 4.60. The molecule has 31 heavy (non-hydrogen) atoms. The Labute approximate surface area is 202 Å². The van der Waals surface area contributed by atoms with Crippen LogP contribution in [0.5, 0.6) is 0 Å². The molecule has 150 valence electrons. The minimum Gasteiger partial charge on any atom is -0.236 e. The third kappa shape index (κ3) is 4.97. The molecule has 0 aliphatic rings. The average molecular weight is 615 g/mol. The zero-order valence-corrected chi connectivity index (χ0v) is 20.5. The van der Waals surface area contributed by atoms with Gasteiger partial charge < -0.3 is 0 Å². The monoisotopic (exact) mass is 615 g/mol. The molecule has 0 atom stereocenters. The summed E-state index contributed by atoms with van der Waals surface area (Å²) >= 11 is 3.48. The molecule has 0 unspecified atom stereocenters. The maximum atomic E-state index is 4.60. The van der Waals surface area contributed by atoms with Crippen molar-refractivity contribution in [3.63, 3.8) is 0 Å². The van der Waals surface area contributed by atoms with Crippen LogP contribution < -0.4 is 0 Å². The van der Waals surface area contributed by atoms with Crippen LogP contribution in [0.4, 0.5) is 0 Å². The van der Waals surface area contributed by atoms with Gasteiger partial charge in [-0.2, -0.15) is 0 Å². The van der Waals surface area contributed by atoms with Gasteiger partial charge in [0.15, 0.2) is 0 Å². The Morgan fingerprint density at radius 3 is 1.16 bits per heavy atom. The minimum absolute atomic E-state index is 0. The molecule has 0 radical (unpaired) electrons. The Morgan fingerprint density at radius 1 is 0.419 bits per heavy atom. The van der Waals surface area contributed by atoms with E-state index in [9.17, 15) is 0 Å². The molecule has 0 saturated heterocycles. The Morgan fingerprint density at radius 2 is 0.774 bits per heavy atom. The molecule has 0 fully saturated rings. The van der Waals surface area contributed by atoms with E-state index in [1.807, 2.05) is 48.5 Å². The summed E-state index contributed by atoms with van der Waals surface area (Å²) in [6, 6.07) is 37.1. The van der Waals surface area contributed by atoms with E-state index in [1.165, 1.54) is 20.5 Å². The molecular weight excluding hydrogens is 597 g/mol. The van der Waals surface area contributed by atoms with Crippen molar-refractivity contribution >= 4 is 43.1 Å². The third-order valence-corrected chi connectivity index (χ3v) is 6.80. The van der Waals surface area contributed by atoms with E-state index >= 15 is 0 Å². The number of aromatic nitrogens is 2. The number of hydrogen-bond donors (Lipinski definition) is 0. The van der Waals surface area contributed by atoms with Gasteiger partial charge in [0.05, 0.1) is 20.4 Å². The first-order chi connectivity index (χ1) is 14.9. The van der Waals surface area contributed by atoms with Gasteiger partial charge in [-0.05, 0) is 24.3 Å². The van der Waals surface area contributed by atoms with Crippen molar-refractivity contribution in [2.24, 2.45) is 0 Å². The summed E-state index contributed by atoms with van der Waals surface area (Å²) in [5.74, 6) is 0. The molecule has 0 aliphatic carbocycles. The second-order valence-corrected chi connectivity index (χ2v) is 8.77. The normalized spacial score (nSPS) is 10.3. The number of benzene rings is 4. The van der Waals surface area contributed by atoms with Gasteiger partial charge in [0.2, 0.25) is 0 Å². The third-order valence-electron chi connectivity index (χ3n) is 4.63. The van der Waals surface area contributed by atoms with Crippen molar-refractivity contribution in [1.29, 1.82) is 0 Å². The van der Waals surface area contributed by atoms with Gasteiger partial charge in [-0.1, -0.05) is 84.9 Å². The van der Waals surface area contributed by atoms with Crippen LogP contribution in [-0.4, -0.2) is 9.97 Å². The van der Waals surface area contributed by atoms with Gasteiger partial charge >= 0.3 is 20.1 Å². The average Bonchev–Trinajstić information content (AvgIpc) is 3.45. The molecular formula is C26H18IrN2S2+3. The van der Waals surface area contributed by atoms with Crippen molar-refractivity contribution in [2.45, 2.75) is 0 Å². The fourth-order valence-corrected chi connectivity index (χ4v) is 5.10. The van der Waals surface area contributed by atoms with E-state index in [0.717, 1.165) is 21.0 Å². The maximum Gasteiger partial charge on any atom is 3.00 e. The zero-order chi connectivity index (χ0) is 20.2. The van der Waals surface area contributed by atoms with E-state index in [2.05, 4.69) is 70.6 Å². The van der Waals surface area contributed by atoms with Crippen molar-refractivity contribution in [2.75, 3.05) is 0 Å². The van der Waals surface area contributed by atoms with Crippen molar-refractivity contribution < 1.29 is 20.1 Å². The summed E-state index contributed by atoms with van der Waals surface area (Å²) in [7, 11) is 0. The number of hydrogen-bond acceptors (Lipinski definition) is 4. The molecule has 4 aromatic carbocycles. The largest absolute Gasteiger partial charge is 3.00 e. The summed E-state index contributed by atoms with van der Waals surface area (Å²) in [5, 5.41) is 2.19. The second-order valence-electron chi connectivity index (χ2n) is 6.71. The van der Waals surface area contributed by atoms with Crippen molar-refractivity contribution in [3.05, 3.63) is 109 Å². The molecule has 2 heterocycles. The van der Waals surface area contributed by atoms with Gasteiger partial charge in [0.25, 0.3) is 0 Å². The Bertz CT molecular complexity index is 1220. The summed E-state index contributed by atoms with van der Waals surface area (Å²) < 4.78 is 2.49. The number of fused-ring (bicyclic) bond motifs is 2. The molecule has 0 saturated carbocycles. The molecule has 6 rings (SSSR count). The first-order valence-corrected chi connectivity index (χ1v) is 11.3. The fraction of sp³-hybridized carbons (Fsp3) is 0. The number of rotatable bonds is 2. The Hall–Kier alpha value is -2.69. The molecule has 5 heteroatoms. The van der Waals surface area contributed by atoms with Crippen molar-refractivity contribution in [3.8, 4) is 21.1 Å². The first-order valence-electron chi connectivity index (χ1n) is 9.69. The van der Waals surface area contributed by atoms with Gasteiger partial charge in [-0.15, -0.1) is 22.7 Å². The van der Waals surface area contributed by atoms with Gasteiger partial charge in [0.1, 0.15) is 10.0 Å². The second kappa shape index (κ2) is 10.1. The zero-order valence-electron chi connectivity index (χ0n) is 16.4. The van der Waals surface area contributed by atoms with Crippen LogP contribution in [0, 0.1) is 0 Å². The summed E-state index contributed by atoms with van der Waals surface area (Å²) in [4.78, 5) is 9.20. The van der Waals surface area contributed by atoms with Gasteiger partial charge in [-0.3, -0.25) is 0 Å². The van der Waals surface area contributed by atoms with Gasteiger partial charge in [-0.25, -0.2) is 9.97 Å². The fourth-order valence-electron chi connectivity index (χ4n) is 3.15. The summed E-state index contributed by atoms with van der Waals surface area (Å²) in [6.07, 6.45) is 0.